The van der Waals surface area contributed by atoms with Gasteiger partial charge in [-0.25, -0.2) is 4.39 Å². The molecule has 2 aromatic rings. The van der Waals surface area contributed by atoms with Crippen LogP contribution in [0, 0.1) is 5.82 Å². The van der Waals surface area contributed by atoms with E-state index in [0.29, 0.717) is 31.1 Å². The number of benzene rings is 2. The Kier molecular flexibility index (Phi) is 8.45. The summed E-state index contributed by atoms with van der Waals surface area (Å²) < 4.78 is 24.6. The van der Waals surface area contributed by atoms with Gasteiger partial charge in [0.25, 0.3) is 0 Å². The Morgan fingerprint density at radius 1 is 1.03 bits per heavy atom. The second-order valence-electron chi connectivity index (χ2n) is 7.79. The molecule has 1 unspecified atom stereocenters. The van der Waals surface area contributed by atoms with Crippen LogP contribution >= 0.6 is 0 Å². The molecule has 2 N–H and O–H groups in total. The van der Waals surface area contributed by atoms with Crippen LogP contribution in [0.2, 0.25) is 0 Å². The fraction of sp³-hybridized carbons (Fsp3) is 0.478. The topological polar surface area (TPSA) is 57.2 Å². The number of hydrogen-bond acceptors (Lipinski definition) is 6. The molecule has 0 saturated carbocycles. The van der Waals surface area contributed by atoms with E-state index < -0.39 is 6.10 Å². The standard InChI is InChI=1S/C23H32FN3O3/c1-26-8-10-27(11-9-26)16-21(28)17-30-23-13-19(6-7-22(23)29-2)15-25-14-18-4-3-5-20(24)12-18/h3-7,12-13,21,25,28H,8-11,14-17H2,1-2H3. The molecular weight excluding hydrogens is 385 g/mol. The highest BCUT2D eigenvalue weighted by Crippen LogP contribution is 2.28. The summed E-state index contributed by atoms with van der Waals surface area (Å²) in [5.74, 6) is 1.01. The summed E-state index contributed by atoms with van der Waals surface area (Å²) in [6.45, 7) is 5.96. The minimum atomic E-state index is -0.562. The van der Waals surface area contributed by atoms with Gasteiger partial charge >= 0.3 is 0 Å². The first-order valence-corrected chi connectivity index (χ1v) is 10.4. The van der Waals surface area contributed by atoms with Crippen LogP contribution in [-0.2, 0) is 13.1 Å². The highest BCUT2D eigenvalue weighted by molar-refractivity contribution is 5.43. The van der Waals surface area contributed by atoms with Crippen LogP contribution < -0.4 is 14.8 Å². The van der Waals surface area contributed by atoms with E-state index in [4.69, 9.17) is 9.47 Å². The van der Waals surface area contributed by atoms with Crippen molar-refractivity contribution in [1.82, 2.24) is 15.1 Å². The highest BCUT2D eigenvalue weighted by Gasteiger charge is 2.18. The van der Waals surface area contributed by atoms with E-state index in [0.717, 1.165) is 37.3 Å². The molecule has 0 spiro atoms. The number of nitrogens with zero attached hydrogens (tertiary/aromatic N) is 2. The van der Waals surface area contributed by atoms with Crippen molar-refractivity contribution in [3.63, 3.8) is 0 Å². The minimum absolute atomic E-state index is 0.211. The third-order valence-corrected chi connectivity index (χ3v) is 5.27. The second kappa shape index (κ2) is 11.3. The quantitative estimate of drug-likeness (QED) is 0.618. The minimum Gasteiger partial charge on any atom is -0.493 e. The van der Waals surface area contributed by atoms with Crippen LogP contribution in [-0.4, -0.2) is 74.5 Å². The number of hydrogen-bond donors (Lipinski definition) is 2. The van der Waals surface area contributed by atoms with Gasteiger partial charge in [-0.15, -0.1) is 0 Å². The molecule has 0 aromatic heterocycles. The van der Waals surface area contributed by atoms with Crippen LogP contribution in [0.25, 0.3) is 0 Å². The van der Waals surface area contributed by atoms with E-state index in [2.05, 4.69) is 22.2 Å². The van der Waals surface area contributed by atoms with Crippen molar-refractivity contribution in [2.75, 3.05) is 53.5 Å². The number of aliphatic hydroxyl groups excluding tert-OH is 1. The molecule has 0 radical (unpaired) electrons. The van der Waals surface area contributed by atoms with Gasteiger partial charge < -0.3 is 24.8 Å². The zero-order chi connectivity index (χ0) is 21.3. The molecule has 0 aliphatic carbocycles. The molecule has 1 saturated heterocycles. The van der Waals surface area contributed by atoms with Gasteiger partial charge in [0.15, 0.2) is 11.5 Å². The lowest BCUT2D eigenvalue weighted by Crippen LogP contribution is -2.47. The Morgan fingerprint density at radius 3 is 2.47 bits per heavy atom. The van der Waals surface area contributed by atoms with Crippen molar-refractivity contribution in [3.05, 3.63) is 59.4 Å². The average molecular weight is 418 g/mol. The second-order valence-corrected chi connectivity index (χ2v) is 7.79. The van der Waals surface area contributed by atoms with E-state index in [9.17, 15) is 9.50 Å². The summed E-state index contributed by atoms with van der Waals surface area (Å²) in [5.41, 5.74) is 1.92. The Hall–Kier alpha value is -2.19. The fourth-order valence-corrected chi connectivity index (χ4v) is 3.51. The molecule has 7 heteroatoms. The first-order chi connectivity index (χ1) is 14.5. The number of rotatable bonds is 10. The predicted octanol–water partition coefficient (Wildman–Crippen LogP) is 2.11. The third kappa shape index (κ3) is 6.95. The first kappa shape index (κ1) is 22.5. The molecule has 0 bridgehead atoms. The summed E-state index contributed by atoms with van der Waals surface area (Å²) in [4.78, 5) is 4.55. The van der Waals surface area contributed by atoms with Gasteiger partial charge in [0.05, 0.1) is 7.11 Å². The predicted molar refractivity (Wildman–Crippen MR) is 115 cm³/mol. The molecule has 6 nitrogen and oxygen atoms in total. The highest BCUT2D eigenvalue weighted by atomic mass is 19.1. The Morgan fingerprint density at radius 2 is 1.77 bits per heavy atom. The van der Waals surface area contributed by atoms with Crippen molar-refractivity contribution in [1.29, 1.82) is 0 Å². The number of aliphatic hydroxyl groups is 1. The number of ether oxygens (including phenoxy) is 2. The summed E-state index contributed by atoms with van der Waals surface area (Å²) in [5, 5.41) is 13.7. The maximum absolute atomic E-state index is 13.3. The maximum Gasteiger partial charge on any atom is 0.161 e. The molecule has 30 heavy (non-hydrogen) atoms. The van der Waals surface area contributed by atoms with Gasteiger partial charge in [-0.3, -0.25) is 4.90 Å². The molecule has 1 heterocycles. The molecule has 1 fully saturated rings. The smallest absolute Gasteiger partial charge is 0.161 e. The largest absolute Gasteiger partial charge is 0.493 e. The summed E-state index contributed by atoms with van der Waals surface area (Å²) in [7, 11) is 3.72. The molecule has 2 aromatic carbocycles. The number of methoxy groups -OCH3 is 1. The zero-order valence-corrected chi connectivity index (χ0v) is 17.8. The Labute approximate surface area is 178 Å². The fourth-order valence-electron chi connectivity index (χ4n) is 3.51. The number of nitrogens with one attached hydrogen (secondary N) is 1. The van der Waals surface area contributed by atoms with Gasteiger partial charge in [-0.1, -0.05) is 18.2 Å². The van der Waals surface area contributed by atoms with E-state index in [1.54, 1.807) is 13.2 Å². The van der Waals surface area contributed by atoms with E-state index in [-0.39, 0.29) is 12.4 Å². The van der Waals surface area contributed by atoms with Crippen molar-refractivity contribution >= 4 is 0 Å². The van der Waals surface area contributed by atoms with Gasteiger partial charge in [-0.2, -0.15) is 0 Å². The third-order valence-electron chi connectivity index (χ3n) is 5.27. The van der Waals surface area contributed by atoms with Gasteiger partial charge in [0.1, 0.15) is 18.5 Å². The van der Waals surface area contributed by atoms with E-state index >= 15 is 0 Å². The number of piperazine rings is 1. The lowest BCUT2D eigenvalue weighted by atomic mass is 10.2. The SMILES string of the molecule is COc1ccc(CNCc2cccc(F)c2)cc1OCC(O)CN1CCN(C)CC1. The zero-order valence-electron chi connectivity index (χ0n) is 17.8. The Balaban J connectivity index is 1.49. The van der Waals surface area contributed by atoms with Crippen molar-refractivity contribution in [2.24, 2.45) is 0 Å². The number of halogens is 1. The van der Waals surface area contributed by atoms with Crippen molar-refractivity contribution in [3.8, 4) is 11.5 Å². The lowest BCUT2D eigenvalue weighted by Gasteiger charge is -2.33. The van der Waals surface area contributed by atoms with Crippen LogP contribution in [0.4, 0.5) is 4.39 Å². The number of likely N-dealkylation sites (N-methyl/N-ethyl adjacent to an activating group) is 1. The maximum atomic E-state index is 13.3. The van der Waals surface area contributed by atoms with Gasteiger partial charge in [0, 0.05) is 45.8 Å². The molecule has 3 rings (SSSR count). The normalized spacial score (nSPS) is 16.4. The molecule has 1 atom stereocenters. The van der Waals surface area contributed by atoms with Crippen molar-refractivity contribution < 1.29 is 19.0 Å². The summed E-state index contributed by atoms with van der Waals surface area (Å²) >= 11 is 0. The van der Waals surface area contributed by atoms with Crippen molar-refractivity contribution in [2.45, 2.75) is 19.2 Å². The van der Waals surface area contributed by atoms with Crippen LogP contribution in [0.1, 0.15) is 11.1 Å². The van der Waals surface area contributed by atoms with Crippen LogP contribution in [0.15, 0.2) is 42.5 Å². The summed E-state index contributed by atoms with van der Waals surface area (Å²) in [6.07, 6.45) is -0.562. The monoisotopic (exact) mass is 417 g/mol. The van der Waals surface area contributed by atoms with Crippen LogP contribution in [0.5, 0.6) is 11.5 Å². The van der Waals surface area contributed by atoms with E-state index in [1.165, 1.54) is 12.1 Å². The first-order valence-electron chi connectivity index (χ1n) is 10.4. The number of β-amino-alcohol motifs (C(OH)–C–C–N with tert-alkyl or cyclic N) is 1. The van der Waals surface area contributed by atoms with Crippen LogP contribution in [0.3, 0.4) is 0 Å². The Bertz CT molecular complexity index is 797. The molecule has 1 aliphatic heterocycles. The molecule has 1 aliphatic rings. The summed E-state index contributed by atoms with van der Waals surface area (Å²) in [6, 6.07) is 12.3. The van der Waals surface area contributed by atoms with Gasteiger partial charge in [-0.05, 0) is 42.4 Å². The lowest BCUT2D eigenvalue weighted by molar-refractivity contribution is 0.0497. The van der Waals surface area contributed by atoms with E-state index in [1.807, 2.05) is 24.3 Å². The average Bonchev–Trinajstić information content (AvgIpc) is 2.74. The molecule has 0 amide bonds. The molecule has 164 valence electrons. The van der Waals surface area contributed by atoms with Gasteiger partial charge in [0.2, 0.25) is 0 Å². The molecular formula is C23H32FN3O3.